The Hall–Kier alpha value is -1.51. The molecule has 0 atom stereocenters. The predicted molar refractivity (Wildman–Crippen MR) is 115 cm³/mol. The molecule has 6 nitrogen and oxygen atoms in total. The van der Waals surface area contributed by atoms with E-state index in [1.165, 1.54) is 31.2 Å². The molecule has 1 fully saturated rings. The summed E-state index contributed by atoms with van der Waals surface area (Å²) in [6.45, 7) is 3.59. The van der Waals surface area contributed by atoms with Crippen LogP contribution in [0.3, 0.4) is 0 Å². The second-order valence-electron chi connectivity index (χ2n) is 6.67. The van der Waals surface area contributed by atoms with Gasteiger partial charge in [-0.15, -0.1) is 24.0 Å². The van der Waals surface area contributed by atoms with Gasteiger partial charge in [0.25, 0.3) is 0 Å². The van der Waals surface area contributed by atoms with Crippen molar-refractivity contribution in [3.63, 3.8) is 0 Å². The van der Waals surface area contributed by atoms with E-state index in [2.05, 4.69) is 28.9 Å². The number of aliphatic imine (C=N–C) groups is 1. The molecule has 0 spiro atoms. The first-order valence-corrected chi connectivity index (χ1v) is 9.33. The van der Waals surface area contributed by atoms with Gasteiger partial charge in [0.05, 0.1) is 18.5 Å². The van der Waals surface area contributed by atoms with Crippen LogP contribution in [0.2, 0.25) is 0 Å². The summed E-state index contributed by atoms with van der Waals surface area (Å²) in [7, 11) is 1.96. The fourth-order valence-corrected chi connectivity index (χ4v) is 3.35. The maximum atomic E-state index is 5.40. The molecule has 2 N–H and O–H groups in total. The van der Waals surface area contributed by atoms with Crippen LogP contribution in [-0.4, -0.2) is 28.3 Å². The molecular formula is C19H30IN5O. The quantitative estimate of drug-likeness (QED) is 0.369. The maximum Gasteiger partial charge on any atom is 0.191 e. The van der Waals surface area contributed by atoms with E-state index in [4.69, 9.17) is 9.41 Å². The average Bonchev–Trinajstić information content (AvgIpc) is 3.34. The molecule has 0 saturated heterocycles. The number of furan rings is 1. The highest BCUT2D eigenvalue weighted by atomic mass is 127. The van der Waals surface area contributed by atoms with Gasteiger partial charge < -0.3 is 15.1 Å². The summed E-state index contributed by atoms with van der Waals surface area (Å²) in [5, 5.41) is 11.5. The molecule has 2 heterocycles. The minimum Gasteiger partial charge on any atom is -0.469 e. The molecule has 2 aromatic rings. The molecule has 3 rings (SSSR count). The lowest BCUT2D eigenvalue weighted by Gasteiger charge is -2.17. The van der Waals surface area contributed by atoms with Crippen molar-refractivity contribution >= 4 is 29.9 Å². The van der Waals surface area contributed by atoms with Crippen LogP contribution in [0, 0.1) is 0 Å². The van der Waals surface area contributed by atoms with Crippen molar-refractivity contribution < 1.29 is 4.42 Å². The highest BCUT2D eigenvalue weighted by Crippen LogP contribution is 2.17. The molecule has 26 heavy (non-hydrogen) atoms. The van der Waals surface area contributed by atoms with Gasteiger partial charge in [0, 0.05) is 37.8 Å². The fourth-order valence-electron chi connectivity index (χ4n) is 3.35. The number of rotatable bonds is 7. The van der Waals surface area contributed by atoms with Crippen molar-refractivity contribution in [3.05, 3.63) is 41.6 Å². The zero-order chi connectivity index (χ0) is 17.5. The van der Waals surface area contributed by atoms with E-state index < -0.39 is 0 Å². The van der Waals surface area contributed by atoms with Crippen molar-refractivity contribution in [2.75, 3.05) is 6.54 Å². The van der Waals surface area contributed by atoms with E-state index in [1.54, 1.807) is 6.26 Å². The van der Waals surface area contributed by atoms with Crippen molar-refractivity contribution in [3.8, 4) is 0 Å². The van der Waals surface area contributed by atoms with Crippen molar-refractivity contribution in [1.29, 1.82) is 0 Å². The molecule has 7 heteroatoms. The Labute approximate surface area is 172 Å². The molecule has 1 aliphatic rings. The number of nitrogens with zero attached hydrogens (tertiary/aromatic N) is 3. The summed E-state index contributed by atoms with van der Waals surface area (Å²) < 4.78 is 7.27. The van der Waals surface area contributed by atoms with E-state index in [9.17, 15) is 0 Å². The van der Waals surface area contributed by atoms with Gasteiger partial charge in [-0.25, -0.2) is 4.99 Å². The van der Waals surface area contributed by atoms with Crippen LogP contribution >= 0.6 is 24.0 Å². The summed E-state index contributed by atoms with van der Waals surface area (Å²) in [5.41, 5.74) is 2.32. The summed E-state index contributed by atoms with van der Waals surface area (Å²) in [6.07, 6.45) is 10.6. The lowest BCUT2D eigenvalue weighted by molar-refractivity contribution is 0.506. The van der Waals surface area contributed by atoms with Gasteiger partial charge in [-0.1, -0.05) is 19.8 Å². The minimum absolute atomic E-state index is 0. The summed E-state index contributed by atoms with van der Waals surface area (Å²) in [6, 6.07) is 4.47. The average molecular weight is 471 g/mol. The highest BCUT2D eigenvalue weighted by Gasteiger charge is 2.16. The third-order valence-corrected chi connectivity index (χ3v) is 4.67. The molecule has 0 aromatic carbocycles. The van der Waals surface area contributed by atoms with Crippen LogP contribution in [0.1, 0.15) is 49.6 Å². The van der Waals surface area contributed by atoms with Crippen LogP contribution in [0.5, 0.6) is 0 Å². The zero-order valence-electron chi connectivity index (χ0n) is 15.7. The van der Waals surface area contributed by atoms with Crippen LogP contribution in [0.15, 0.2) is 34.0 Å². The maximum absolute atomic E-state index is 5.40. The monoisotopic (exact) mass is 471 g/mol. The van der Waals surface area contributed by atoms with Gasteiger partial charge in [-0.3, -0.25) is 4.68 Å². The van der Waals surface area contributed by atoms with Gasteiger partial charge in [0.15, 0.2) is 5.96 Å². The van der Waals surface area contributed by atoms with Gasteiger partial charge in [-0.05, 0) is 31.4 Å². The Bertz CT molecular complexity index is 674. The van der Waals surface area contributed by atoms with Crippen LogP contribution in [0.4, 0.5) is 0 Å². The zero-order valence-corrected chi connectivity index (χ0v) is 18.0. The largest absolute Gasteiger partial charge is 0.469 e. The Kier molecular flexibility index (Phi) is 8.47. The van der Waals surface area contributed by atoms with Gasteiger partial charge in [0.2, 0.25) is 0 Å². The first-order valence-electron chi connectivity index (χ1n) is 9.33. The van der Waals surface area contributed by atoms with Crippen molar-refractivity contribution in [2.45, 2.75) is 58.0 Å². The third kappa shape index (κ3) is 6.03. The highest BCUT2D eigenvalue weighted by molar-refractivity contribution is 14.0. The second kappa shape index (κ2) is 10.6. The lowest BCUT2D eigenvalue weighted by Crippen LogP contribution is -2.43. The number of nitrogens with one attached hydrogen (secondary N) is 2. The predicted octanol–water partition coefficient (Wildman–Crippen LogP) is 3.41. The number of aryl methyl sites for hydroxylation is 2. The summed E-state index contributed by atoms with van der Waals surface area (Å²) in [5.74, 6) is 1.89. The lowest BCUT2D eigenvalue weighted by atomic mass is 10.2. The molecule has 2 aromatic heterocycles. The number of hydrogen-bond acceptors (Lipinski definition) is 3. The number of halogens is 1. The standard InChI is InChI=1S/C19H29N5O.HI/c1-3-18-15(14-24(2)23-18)13-21-19(22-16-7-4-5-8-16)20-11-10-17-9-6-12-25-17;/h6,9,12,14,16H,3-5,7-8,10-11,13H2,1-2H3,(H2,20,21,22);1H. The van der Waals surface area contributed by atoms with E-state index in [-0.39, 0.29) is 24.0 Å². The molecular weight excluding hydrogens is 441 g/mol. The van der Waals surface area contributed by atoms with E-state index in [0.29, 0.717) is 12.6 Å². The molecule has 0 aliphatic heterocycles. The SMILES string of the molecule is CCc1nn(C)cc1CN=C(NCCc1ccco1)NC1CCCC1.I. The van der Waals surface area contributed by atoms with Gasteiger partial charge in [-0.2, -0.15) is 5.10 Å². The molecule has 0 radical (unpaired) electrons. The van der Waals surface area contributed by atoms with Crippen molar-refractivity contribution in [2.24, 2.45) is 12.0 Å². The summed E-state index contributed by atoms with van der Waals surface area (Å²) in [4.78, 5) is 4.81. The molecule has 1 saturated carbocycles. The van der Waals surface area contributed by atoms with Crippen LogP contribution in [0.25, 0.3) is 0 Å². The van der Waals surface area contributed by atoms with Gasteiger partial charge >= 0.3 is 0 Å². The summed E-state index contributed by atoms with van der Waals surface area (Å²) >= 11 is 0. The fraction of sp³-hybridized carbons (Fsp3) is 0.579. The Morgan fingerprint density at radius 1 is 1.38 bits per heavy atom. The van der Waals surface area contributed by atoms with E-state index in [1.807, 2.05) is 23.9 Å². The number of aromatic nitrogens is 2. The number of guanidine groups is 1. The van der Waals surface area contributed by atoms with E-state index >= 15 is 0 Å². The first-order chi connectivity index (χ1) is 12.2. The number of hydrogen-bond donors (Lipinski definition) is 2. The topological polar surface area (TPSA) is 67.4 Å². The molecule has 0 bridgehead atoms. The normalized spacial score (nSPS) is 15.1. The Morgan fingerprint density at radius 3 is 2.88 bits per heavy atom. The Morgan fingerprint density at radius 2 is 2.19 bits per heavy atom. The smallest absolute Gasteiger partial charge is 0.191 e. The molecule has 1 aliphatic carbocycles. The molecule has 0 unspecified atom stereocenters. The molecule has 0 amide bonds. The van der Waals surface area contributed by atoms with Crippen LogP contribution < -0.4 is 10.6 Å². The second-order valence-corrected chi connectivity index (χ2v) is 6.67. The first kappa shape index (κ1) is 20.8. The van der Waals surface area contributed by atoms with E-state index in [0.717, 1.165) is 36.8 Å². The van der Waals surface area contributed by atoms with Crippen molar-refractivity contribution in [1.82, 2.24) is 20.4 Å². The molecule has 144 valence electrons. The Balaban J connectivity index is 0.00000243. The van der Waals surface area contributed by atoms with Gasteiger partial charge in [0.1, 0.15) is 5.76 Å². The third-order valence-electron chi connectivity index (χ3n) is 4.67. The minimum atomic E-state index is 0. The van der Waals surface area contributed by atoms with Crippen LogP contribution in [-0.2, 0) is 26.4 Å².